The van der Waals surface area contributed by atoms with Gasteiger partial charge in [0.2, 0.25) is 6.29 Å². The van der Waals surface area contributed by atoms with E-state index in [9.17, 15) is 15.0 Å². The molecule has 0 spiro atoms. The standard InChI is InChI=1S/C9H19O3Si/c1-5-6-8(11)9(12,7-10)13(2,3)4/h8,11-12H,5-6H2,1-4H3. The number of aliphatic hydroxyl groups excluding tert-OH is 1. The molecule has 0 rings (SSSR count). The number of carbonyl (C=O) groups excluding carboxylic acids is 1. The molecule has 0 aliphatic carbocycles. The Morgan fingerprint density at radius 1 is 1.46 bits per heavy atom. The van der Waals surface area contributed by atoms with Crippen LogP contribution in [-0.4, -0.2) is 35.9 Å². The lowest BCUT2D eigenvalue weighted by molar-refractivity contribution is 0.0173. The van der Waals surface area contributed by atoms with Gasteiger partial charge in [-0.25, -0.2) is 0 Å². The third kappa shape index (κ3) is 2.62. The van der Waals surface area contributed by atoms with Crippen molar-refractivity contribution in [2.75, 3.05) is 0 Å². The molecule has 4 heteroatoms. The highest BCUT2D eigenvalue weighted by Crippen LogP contribution is 2.24. The van der Waals surface area contributed by atoms with Crippen molar-refractivity contribution in [3.8, 4) is 0 Å². The second-order valence-corrected chi connectivity index (χ2v) is 9.69. The van der Waals surface area contributed by atoms with Crippen LogP contribution in [0.5, 0.6) is 0 Å². The summed E-state index contributed by atoms with van der Waals surface area (Å²) in [5, 5.41) is 17.9. The molecule has 13 heavy (non-hydrogen) atoms. The van der Waals surface area contributed by atoms with Gasteiger partial charge in [-0.2, -0.15) is 0 Å². The van der Waals surface area contributed by atoms with Gasteiger partial charge >= 0.3 is 0 Å². The quantitative estimate of drug-likeness (QED) is 0.652. The SMILES string of the molecule is CCCC(O)C(O)([C]=O)[Si](C)(C)C. The lowest BCUT2D eigenvalue weighted by Gasteiger charge is -2.36. The molecule has 0 aliphatic heterocycles. The Kier molecular flexibility index (Phi) is 4.28. The number of hydrogen-bond acceptors (Lipinski definition) is 3. The Labute approximate surface area is 80.8 Å². The van der Waals surface area contributed by atoms with E-state index in [-0.39, 0.29) is 0 Å². The fourth-order valence-electron chi connectivity index (χ4n) is 1.20. The number of rotatable bonds is 5. The lowest BCUT2D eigenvalue weighted by Crippen LogP contribution is -2.61. The molecule has 0 bridgehead atoms. The van der Waals surface area contributed by atoms with E-state index in [2.05, 4.69) is 0 Å². The summed E-state index contributed by atoms with van der Waals surface area (Å²) in [4.78, 5) is 10.7. The summed E-state index contributed by atoms with van der Waals surface area (Å²) in [6.45, 7) is 7.43. The molecule has 1 radical (unpaired) electrons. The number of hydrogen-bond donors (Lipinski definition) is 2. The van der Waals surface area contributed by atoms with Crippen molar-refractivity contribution in [3.05, 3.63) is 0 Å². The minimum absolute atomic E-state index is 0.440. The van der Waals surface area contributed by atoms with Crippen LogP contribution in [0.1, 0.15) is 19.8 Å². The van der Waals surface area contributed by atoms with E-state index in [0.717, 1.165) is 6.42 Å². The van der Waals surface area contributed by atoms with Crippen LogP contribution in [0.2, 0.25) is 19.6 Å². The first-order chi connectivity index (χ1) is 5.79. The highest BCUT2D eigenvalue weighted by Gasteiger charge is 2.48. The zero-order valence-corrected chi connectivity index (χ0v) is 9.79. The Balaban J connectivity index is 4.72. The molecule has 77 valence electrons. The Hall–Kier alpha value is -0.193. The maximum Gasteiger partial charge on any atom is 0.231 e. The molecule has 0 amide bonds. The van der Waals surface area contributed by atoms with Crippen LogP contribution >= 0.6 is 0 Å². The summed E-state index contributed by atoms with van der Waals surface area (Å²) in [6, 6.07) is 0. The van der Waals surface area contributed by atoms with Crippen LogP contribution in [0.4, 0.5) is 0 Å². The predicted molar refractivity (Wildman–Crippen MR) is 54.9 cm³/mol. The first kappa shape index (κ1) is 12.8. The summed E-state index contributed by atoms with van der Waals surface area (Å²) in [5.41, 5.74) is 0. The van der Waals surface area contributed by atoms with E-state index in [1.165, 1.54) is 0 Å². The lowest BCUT2D eigenvalue weighted by atomic mass is 10.1. The molecule has 2 unspecified atom stereocenters. The zero-order chi connectivity index (χ0) is 10.7. The molecule has 0 aromatic rings. The average Bonchev–Trinajstić information content (AvgIpc) is 2.01. The highest BCUT2D eigenvalue weighted by molar-refractivity contribution is 6.81. The van der Waals surface area contributed by atoms with Crippen LogP contribution in [0, 0.1) is 0 Å². The van der Waals surface area contributed by atoms with Gasteiger partial charge in [0.25, 0.3) is 0 Å². The maximum atomic E-state index is 10.7. The van der Waals surface area contributed by atoms with Crippen LogP contribution in [0.3, 0.4) is 0 Å². The van der Waals surface area contributed by atoms with Gasteiger partial charge < -0.3 is 10.2 Å². The van der Waals surface area contributed by atoms with E-state index in [0.29, 0.717) is 6.42 Å². The summed E-state index contributed by atoms with van der Waals surface area (Å²) in [5.74, 6) is 0. The largest absolute Gasteiger partial charge is 0.390 e. The molecular weight excluding hydrogens is 184 g/mol. The van der Waals surface area contributed by atoms with Crippen molar-refractivity contribution in [1.29, 1.82) is 0 Å². The summed E-state index contributed by atoms with van der Waals surface area (Å²) < 4.78 is 0. The normalized spacial score (nSPS) is 19.2. The third-order valence-electron chi connectivity index (χ3n) is 2.34. The van der Waals surface area contributed by atoms with E-state index >= 15 is 0 Å². The average molecular weight is 203 g/mol. The molecule has 0 saturated carbocycles. The molecule has 0 heterocycles. The van der Waals surface area contributed by atoms with Crippen LogP contribution in [-0.2, 0) is 4.79 Å². The van der Waals surface area contributed by atoms with Crippen molar-refractivity contribution in [3.63, 3.8) is 0 Å². The molecule has 3 nitrogen and oxygen atoms in total. The molecule has 0 saturated heterocycles. The van der Waals surface area contributed by atoms with Crippen LogP contribution in [0.25, 0.3) is 0 Å². The minimum Gasteiger partial charge on any atom is -0.390 e. The van der Waals surface area contributed by atoms with Gasteiger partial charge in [-0.05, 0) is 6.42 Å². The smallest absolute Gasteiger partial charge is 0.231 e. The molecule has 0 aromatic heterocycles. The zero-order valence-electron chi connectivity index (χ0n) is 8.79. The van der Waals surface area contributed by atoms with Crippen LogP contribution in [0.15, 0.2) is 0 Å². The number of aliphatic hydroxyl groups is 2. The summed E-state index contributed by atoms with van der Waals surface area (Å²) in [7, 11) is -2.13. The van der Waals surface area contributed by atoms with Gasteiger partial charge in [0.05, 0.1) is 14.2 Å². The second-order valence-electron chi connectivity index (χ2n) is 4.42. The van der Waals surface area contributed by atoms with E-state index in [4.69, 9.17) is 0 Å². The van der Waals surface area contributed by atoms with Crippen LogP contribution < -0.4 is 0 Å². The van der Waals surface area contributed by atoms with Gasteiger partial charge in [-0.3, -0.25) is 4.79 Å². The summed E-state index contributed by atoms with van der Waals surface area (Å²) in [6.07, 6.45) is 1.84. The van der Waals surface area contributed by atoms with Crippen molar-refractivity contribution < 1.29 is 15.0 Å². The fourth-order valence-corrected chi connectivity index (χ4v) is 2.65. The fraction of sp³-hybridized carbons (Fsp3) is 0.889. The third-order valence-corrected chi connectivity index (χ3v) is 5.07. The molecule has 0 aliphatic rings. The predicted octanol–water partition coefficient (Wildman–Crippen LogP) is 0.866. The van der Waals surface area contributed by atoms with E-state index < -0.39 is 19.4 Å². The van der Waals surface area contributed by atoms with Gasteiger partial charge in [-0.1, -0.05) is 33.0 Å². The van der Waals surface area contributed by atoms with Crippen molar-refractivity contribution in [1.82, 2.24) is 0 Å². The van der Waals surface area contributed by atoms with Gasteiger partial charge in [0.1, 0.15) is 5.22 Å². The Morgan fingerprint density at radius 3 is 2.15 bits per heavy atom. The molecule has 0 aromatic carbocycles. The first-order valence-corrected chi connectivity index (χ1v) is 8.09. The second kappa shape index (κ2) is 4.35. The van der Waals surface area contributed by atoms with Crippen molar-refractivity contribution >= 4 is 14.4 Å². The monoisotopic (exact) mass is 203 g/mol. The maximum absolute atomic E-state index is 10.7. The van der Waals surface area contributed by atoms with E-state index in [1.54, 1.807) is 6.29 Å². The van der Waals surface area contributed by atoms with Crippen molar-refractivity contribution in [2.45, 2.75) is 50.7 Å². The van der Waals surface area contributed by atoms with Gasteiger partial charge in [-0.15, -0.1) is 0 Å². The summed E-state index contributed by atoms with van der Waals surface area (Å²) >= 11 is 0. The highest BCUT2D eigenvalue weighted by atomic mass is 28.3. The molecular formula is C9H19O3Si. The molecule has 0 fully saturated rings. The Morgan fingerprint density at radius 2 is 1.92 bits per heavy atom. The van der Waals surface area contributed by atoms with Gasteiger partial charge in [0, 0.05) is 0 Å². The topological polar surface area (TPSA) is 57.5 Å². The Bertz CT molecular complexity index is 176. The molecule has 2 atom stereocenters. The van der Waals surface area contributed by atoms with E-state index in [1.807, 2.05) is 26.6 Å². The minimum atomic E-state index is -2.13. The first-order valence-electron chi connectivity index (χ1n) is 4.59. The van der Waals surface area contributed by atoms with Gasteiger partial charge in [0.15, 0.2) is 0 Å². The van der Waals surface area contributed by atoms with Crippen molar-refractivity contribution in [2.24, 2.45) is 0 Å². The molecule has 2 N–H and O–H groups in total.